The molecule has 3 aromatic rings. The van der Waals surface area contributed by atoms with Crippen LogP contribution in [0.5, 0.6) is 0 Å². The van der Waals surface area contributed by atoms with Crippen LogP contribution < -0.4 is 5.32 Å². The Morgan fingerprint density at radius 1 is 1.19 bits per heavy atom. The molecule has 6 heteroatoms. The first-order valence-corrected chi connectivity index (χ1v) is 8.83. The summed E-state index contributed by atoms with van der Waals surface area (Å²) in [5.74, 6) is 0.421. The Morgan fingerprint density at radius 2 is 2.00 bits per heavy atom. The molecule has 0 aliphatic carbocycles. The number of nitrogens with one attached hydrogen (secondary N) is 1. The third-order valence-electron chi connectivity index (χ3n) is 5.32. The molecule has 0 bridgehead atoms. The van der Waals surface area contributed by atoms with E-state index in [-0.39, 0.29) is 30.1 Å². The fraction of sp³-hybridized carbons (Fsp3) is 0.190. The van der Waals surface area contributed by atoms with Crippen molar-refractivity contribution >= 4 is 17.2 Å². The highest BCUT2D eigenvalue weighted by Gasteiger charge is 2.41. The largest absolute Gasteiger partial charge is 0.377 e. The van der Waals surface area contributed by atoms with Crippen LogP contribution >= 0.6 is 0 Å². The number of aliphatic imine (C=N–C) groups is 1. The minimum atomic E-state index is -0.272. The number of rotatable bonds is 2. The normalized spacial score (nSPS) is 20.7. The van der Waals surface area contributed by atoms with E-state index in [4.69, 9.17) is 0 Å². The molecule has 5 rings (SSSR count). The quantitative estimate of drug-likeness (QED) is 0.761. The smallest absolute Gasteiger partial charge is 0.184 e. The van der Waals surface area contributed by atoms with E-state index in [1.807, 2.05) is 36.0 Å². The fourth-order valence-corrected chi connectivity index (χ4v) is 4.06. The van der Waals surface area contributed by atoms with E-state index in [0.29, 0.717) is 5.56 Å². The summed E-state index contributed by atoms with van der Waals surface area (Å²) in [5, 5.41) is 3.55. The molecular weight excluding hydrogens is 343 g/mol. The van der Waals surface area contributed by atoms with Gasteiger partial charge >= 0.3 is 0 Å². The highest BCUT2D eigenvalue weighted by molar-refractivity contribution is 6.21. The zero-order valence-electron chi connectivity index (χ0n) is 14.7. The van der Waals surface area contributed by atoms with Crippen LogP contribution in [-0.2, 0) is 7.05 Å². The van der Waals surface area contributed by atoms with E-state index in [2.05, 4.69) is 15.3 Å². The van der Waals surface area contributed by atoms with Gasteiger partial charge in [-0.15, -0.1) is 0 Å². The molecule has 2 aliphatic heterocycles. The number of aromatic nitrogens is 2. The van der Waals surface area contributed by atoms with Gasteiger partial charge in [0.1, 0.15) is 18.2 Å². The molecule has 0 saturated carbocycles. The van der Waals surface area contributed by atoms with Gasteiger partial charge in [0, 0.05) is 36.3 Å². The number of halogens is 1. The van der Waals surface area contributed by atoms with E-state index < -0.39 is 0 Å². The lowest BCUT2D eigenvalue weighted by Gasteiger charge is -2.38. The van der Waals surface area contributed by atoms with Crippen molar-refractivity contribution in [2.24, 2.45) is 12.0 Å². The van der Waals surface area contributed by atoms with E-state index in [9.17, 15) is 9.18 Å². The van der Waals surface area contributed by atoms with E-state index >= 15 is 0 Å². The average Bonchev–Trinajstić information content (AvgIpc) is 3.10. The predicted octanol–water partition coefficient (Wildman–Crippen LogP) is 3.50. The van der Waals surface area contributed by atoms with Crippen LogP contribution in [-0.4, -0.2) is 27.6 Å². The van der Waals surface area contributed by atoms with Gasteiger partial charge < -0.3 is 9.88 Å². The maximum atomic E-state index is 13.5. The molecule has 1 N–H and O–H groups in total. The van der Waals surface area contributed by atoms with Crippen molar-refractivity contribution in [3.63, 3.8) is 0 Å². The highest BCUT2D eigenvalue weighted by atomic mass is 19.1. The van der Waals surface area contributed by atoms with Crippen LogP contribution in [0.3, 0.4) is 0 Å². The maximum Gasteiger partial charge on any atom is 0.184 e. The molecule has 2 atom stereocenters. The standard InChI is InChI=1S/C21H17FN4O/c1-26-10-9-23-21(26)18-19(12-5-7-13(22)8-6-12)25-15-4-2-3-14-16(27)11-24-20(18)17(14)15/h2-10,18-19,25H,11H2,1H3. The van der Waals surface area contributed by atoms with Crippen LogP contribution in [0.4, 0.5) is 10.1 Å². The number of nitrogens with zero attached hydrogens (tertiary/aromatic N) is 3. The maximum absolute atomic E-state index is 13.5. The molecule has 1 aromatic heterocycles. The summed E-state index contributed by atoms with van der Waals surface area (Å²) in [6.45, 7) is 0.142. The zero-order valence-corrected chi connectivity index (χ0v) is 14.7. The van der Waals surface area contributed by atoms with Crippen LogP contribution in [0.15, 0.2) is 59.9 Å². The Bertz CT molecular complexity index is 1080. The van der Waals surface area contributed by atoms with Gasteiger partial charge in [-0.3, -0.25) is 9.79 Å². The third-order valence-corrected chi connectivity index (χ3v) is 5.32. The minimum absolute atomic E-state index is 0.0243. The van der Waals surface area contributed by atoms with Gasteiger partial charge in [0.2, 0.25) is 0 Å². The van der Waals surface area contributed by atoms with Crippen LogP contribution in [0.25, 0.3) is 0 Å². The molecule has 2 aliphatic rings. The van der Waals surface area contributed by atoms with Gasteiger partial charge in [0.25, 0.3) is 0 Å². The van der Waals surface area contributed by atoms with Crippen LogP contribution in [0.2, 0.25) is 0 Å². The zero-order chi connectivity index (χ0) is 18.5. The van der Waals surface area contributed by atoms with Crippen molar-refractivity contribution in [1.82, 2.24) is 9.55 Å². The molecule has 0 radical (unpaired) electrons. The molecule has 134 valence electrons. The van der Waals surface area contributed by atoms with E-state index in [0.717, 1.165) is 28.4 Å². The minimum Gasteiger partial charge on any atom is -0.377 e. The number of carbonyl (C=O) groups excluding carboxylic acids is 1. The summed E-state index contributed by atoms with van der Waals surface area (Å²) in [5.41, 5.74) is 4.24. The Balaban J connectivity index is 1.75. The van der Waals surface area contributed by atoms with Crippen molar-refractivity contribution in [2.75, 3.05) is 11.9 Å². The molecule has 5 nitrogen and oxygen atoms in total. The lowest BCUT2D eigenvalue weighted by atomic mass is 9.78. The second kappa shape index (κ2) is 5.87. The lowest BCUT2D eigenvalue weighted by molar-refractivity contribution is 0.1000. The molecule has 2 unspecified atom stereocenters. The van der Waals surface area contributed by atoms with Gasteiger partial charge in [0.05, 0.1) is 17.7 Å². The average molecular weight is 360 g/mol. The van der Waals surface area contributed by atoms with Gasteiger partial charge in [0.15, 0.2) is 5.78 Å². The summed E-state index contributed by atoms with van der Waals surface area (Å²) in [7, 11) is 1.94. The Kier molecular flexibility index (Phi) is 3.47. The number of aryl methyl sites for hydroxylation is 1. The first-order chi connectivity index (χ1) is 13.1. The van der Waals surface area contributed by atoms with Crippen molar-refractivity contribution < 1.29 is 9.18 Å². The summed E-state index contributed by atoms with van der Waals surface area (Å²) in [6, 6.07) is 12.0. The molecule has 0 fully saturated rings. The van der Waals surface area contributed by atoms with Crippen LogP contribution in [0.1, 0.15) is 39.3 Å². The first-order valence-electron chi connectivity index (χ1n) is 8.83. The summed E-state index contributed by atoms with van der Waals surface area (Å²) in [6.07, 6.45) is 3.65. The number of anilines is 1. The Morgan fingerprint density at radius 3 is 2.74 bits per heavy atom. The molecule has 27 heavy (non-hydrogen) atoms. The molecule has 3 heterocycles. The Labute approximate surface area is 155 Å². The summed E-state index contributed by atoms with van der Waals surface area (Å²) >= 11 is 0. The van der Waals surface area contributed by atoms with Gasteiger partial charge in [-0.25, -0.2) is 9.37 Å². The summed E-state index contributed by atoms with van der Waals surface area (Å²) in [4.78, 5) is 21.6. The van der Waals surface area contributed by atoms with Gasteiger partial charge in [-0.05, 0) is 23.8 Å². The topological polar surface area (TPSA) is 59.3 Å². The van der Waals surface area contributed by atoms with Crippen molar-refractivity contribution in [3.05, 3.63) is 83.2 Å². The van der Waals surface area contributed by atoms with Crippen molar-refractivity contribution in [1.29, 1.82) is 0 Å². The SMILES string of the molecule is Cn1ccnc1C1C2=NCC(=O)c3cccc(c32)NC1c1ccc(F)cc1. The van der Waals surface area contributed by atoms with Gasteiger partial charge in [-0.1, -0.05) is 24.3 Å². The number of imidazole rings is 1. The second-order valence-corrected chi connectivity index (χ2v) is 6.90. The molecule has 0 saturated heterocycles. The number of ketones is 1. The monoisotopic (exact) mass is 360 g/mol. The number of carbonyl (C=O) groups is 1. The van der Waals surface area contributed by atoms with Crippen LogP contribution in [0, 0.1) is 5.82 Å². The fourth-order valence-electron chi connectivity index (χ4n) is 4.06. The van der Waals surface area contributed by atoms with E-state index in [1.54, 1.807) is 18.3 Å². The van der Waals surface area contributed by atoms with E-state index in [1.165, 1.54) is 12.1 Å². The Hall–Kier alpha value is -3.28. The predicted molar refractivity (Wildman–Crippen MR) is 101 cm³/mol. The van der Waals surface area contributed by atoms with Gasteiger partial charge in [-0.2, -0.15) is 0 Å². The van der Waals surface area contributed by atoms with Crippen molar-refractivity contribution in [2.45, 2.75) is 12.0 Å². The third kappa shape index (κ3) is 2.40. The number of benzene rings is 2. The lowest BCUT2D eigenvalue weighted by Crippen LogP contribution is -2.37. The first kappa shape index (κ1) is 15.9. The molecular formula is C21H17FN4O. The molecule has 0 amide bonds. The number of hydrogen-bond donors (Lipinski definition) is 1. The highest BCUT2D eigenvalue weighted by Crippen LogP contribution is 2.44. The number of hydrogen-bond acceptors (Lipinski definition) is 4. The second-order valence-electron chi connectivity index (χ2n) is 6.90. The molecule has 2 aromatic carbocycles. The summed E-state index contributed by atoms with van der Waals surface area (Å²) < 4.78 is 15.4. The number of Topliss-reactive ketones (excluding diaryl/α,β-unsaturated/α-hetero) is 1. The molecule has 0 spiro atoms. The van der Waals surface area contributed by atoms with Crippen molar-refractivity contribution in [3.8, 4) is 0 Å².